The van der Waals surface area contributed by atoms with Gasteiger partial charge in [0.25, 0.3) is 0 Å². The van der Waals surface area contributed by atoms with Crippen molar-refractivity contribution in [3.8, 4) is 0 Å². The molecular weight excluding hydrogens is 220 g/mol. The zero-order valence-corrected chi connectivity index (χ0v) is 9.98. The highest BCUT2D eigenvalue weighted by Crippen LogP contribution is 2.12. The molecule has 2 amide bonds. The van der Waals surface area contributed by atoms with Crippen molar-refractivity contribution in [2.75, 3.05) is 17.3 Å². The molecule has 0 radical (unpaired) electrons. The van der Waals surface area contributed by atoms with Crippen LogP contribution in [0.1, 0.15) is 13.8 Å². The van der Waals surface area contributed by atoms with Gasteiger partial charge in [0, 0.05) is 26.6 Å². The summed E-state index contributed by atoms with van der Waals surface area (Å²) in [4.78, 5) is 35.1. The summed E-state index contributed by atoms with van der Waals surface area (Å²) in [5.41, 5.74) is 0.424. The van der Waals surface area contributed by atoms with E-state index in [9.17, 15) is 14.4 Å². The van der Waals surface area contributed by atoms with E-state index < -0.39 is 0 Å². The van der Waals surface area contributed by atoms with Gasteiger partial charge in [0.1, 0.15) is 0 Å². The van der Waals surface area contributed by atoms with Crippen LogP contribution in [0.5, 0.6) is 0 Å². The third kappa shape index (κ3) is 3.41. The number of nitrogens with one attached hydrogen (secondary N) is 1. The van der Waals surface area contributed by atoms with Gasteiger partial charge < -0.3 is 10.2 Å². The van der Waals surface area contributed by atoms with E-state index in [4.69, 9.17) is 0 Å². The summed E-state index contributed by atoms with van der Waals surface area (Å²) in [6.07, 6.45) is 0. The highest BCUT2D eigenvalue weighted by Gasteiger charge is 2.09. The minimum Gasteiger partial charge on any atom is -0.326 e. The van der Waals surface area contributed by atoms with Gasteiger partial charge in [0.05, 0.1) is 5.69 Å². The van der Waals surface area contributed by atoms with Crippen LogP contribution in [0.25, 0.3) is 0 Å². The fourth-order valence-electron chi connectivity index (χ4n) is 1.30. The number of rotatable bonds is 2. The molecule has 1 aromatic rings. The second-order valence-electron chi connectivity index (χ2n) is 3.63. The SMILES string of the molecule is CC(=O)Nc1cccc(=O)c(N(C)C(C)=O)c1. The Kier molecular flexibility index (Phi) is 3.98. The first-order valence-corrected chi connectivity index (χ1v) is 5.08. The van der Waals surface area contributed by atoms with Crippen molar-refractivity contribution in [3.63, 3.8) is 0 Å². The summed E-state index contributed by atoms with van der Waals surface area (Å²) in [5, 5.41) is 2.57. The molecule has 1 N–H and O–H groups in total. The highest BCUT2D eigenvalue weighted by atomic mass is 16.2. The molecule has 0 spiro atoms. The quantitative estimate of drug-likeness (QED) is 0.829. The summed E-state index contributed by atoms with van der Waals surface area (Å²) in [6, 6.07) is 5.95. The topological polar surface area (TPSA) is 66.5 Å². The minimum atomic E-state index is -0.278. The van der Waals surface area contributed by atoms with E-state index >= 15 is 0 Å². The minimum absolute atomic E-state index is 0.228. The molecule has 1 aromatic carbocycles. The van der Waals surface area contributed by atoms with Crippen LogP contribution in [-0.2, 0) is 9.59 Å². The zero-order chi connectivity index (χ0) is 13.0. The fourth-order valence-corrected chi connectivity index (χ4v) is 1.30. The fraction of sp³-hybridized carbons (Fsp3) is 0.250. The van der Waals surface area contributed by atoms with E-state index in [1.165, 1.54) is 44.0 Å². The molecule has 0 unspecified atom stereocenters. The summed E-state index contributed by atoms with van der Waals surface area (Å²) in [7, 11) is 1.51. The number of hydrogen-bond donors (Lipinski definition) is 1. The van der Waals surface area contributed by atoms with E-state index in [2.05, 4.69) is 5.32 Å². The van der Waals surface area contributed by atoms with Gasteiger partial charge in [-0.15, -0.1) is 0 Å². The van der Waals surface area contributed by atoms with Crippen LogP contribution in [-0.4, -0.2) is 18.9 Å². The number of hydrogen-bond acceptors (Lipinski definition) is 3. The highest BCUT2D eigenvalue weighted by molar-refractivity contribution is 5.93. The van der Waals surface area contributed by atoms with Gasteiger partial charge in [-0.2, -0.15) is 0 Å². The van der Waals surface area contributed by atoms with Gasteiger partial charge in [-0.05, 0) is 18.2 Å². The van der Waals surface area contributed by atoms with E-state index in [1.807, 2.05) is 0 Å². The molecule has 5 heteroatoms. The van der Waals surface area contributed by atoms with Gasteiger partial charge >= 0.3 is 0 Å². The lowest BCUT2D eigenvalue weighted by Gasteiger charge is -2.12. The molecule has 0 aliphatic heterocycles. The van der Waals surface area contributed by atoms with E-state index in [1.54, 1.807) is 6.07 Å². The average Bonchev–Trinajstić information content (AvgIpc) is 2.39. The summed E-state index contributed by atoms with van der Waals surface area (Å²) >= 11 is 0. The van der Waals surface area contributed by atoms with Crippen molar-refractivity contribution in [2.24, 2.45) is 0 Å². The zero-order valence-electron chi connectivity index (χ0n) is 9.98. The number of carbonyl (C=O) groups is 2. The van der Waals surface area contributed by atoms with Crippen LogP contribution in [0.3, 0.4) is 0 Å². The largest absolute Gasteiger partial charge is 0.326 e. The summed E-state index contributed by atoms with van der Waals surface area (Å²) in [6.45, 7) is 2.74. The van der Waals surface area contributed by atoms with Gasteiger partial charge in [-0.25, -0.2) is 0 Å². The molecule has 90 valence electrons. The molecule has 0 atom stereocenters. The molecule has 0 aliphatic carbocycles. The lowest BCUT2D eigenvalue weighted by Crippen LogP contribution is -2.27. The first-order chi connectivity index (χ1) is 7.91. The van der Waals surface area contributed by atoms with Crippen LogP contribution in [0.15, 0.2) is 29.1 Å². The van der Waals surface area contributed by atoms with Crippen molar-refractivity contribution >= 4 is 23.2 Å². The van der Waals surface area contributed by atoms with E-state index in [-0.39, 0.29) is 22.9 Å². The Bertz CT molecular complexity index is 511. The van der Waals surface area contributed by atoms with Crippen molar-refractivity contribution < 1.29 is 9.59 Å². The maximum absolute atomic E-state index is 11.7. The Morgan fingerprint density at radius 1 is 1.24 bits per heavy atom. The lowest BCUT2D eigenvalue weighted by atomic mass is 10.3. The molecule has 0 saturated heterocycles. The normalized spacial score (nSPS) is 9.59. The van der Waals surface area contributed by atoms with Crippen LogP contribution in [0.4, 0.5) is 11.4 Å². The lowest BCUT2D eigenvalue weighted by molar-refractivity contribution is -0.116. The Balaban J connectivity index is 3.29. The van der Waals surface area contributed by atoms with Crippen molar-refractivity contribution in [1.82, 2.24) is 0 Å². The van der Waals surface area contributed by atoms with Gasteiger partial charge in [0.15, 0.2) is 0 Å². The van der Waals surface area contributed by atoms with Crippen LogP contribution in [0, 0.1) is 0 Å². The second kappa shape index (κ2) is 5.25. The molecule has 0 saturated carbocycles. The third-order valence-electron chi connectivity index (χ3n) is 2.22. The van der Waals surface area contributed by atoms with E-state index in [0.717, 1.165) is 0 Å². The van der Waals surface area contributed by atoms with Crippen LogP contribution < -0.4 is 15.6 Å². The molecule has 17 heavy (non-hydrogen) atoms. The molecule has 0 fully saturated rings. The van der Waals surface area contributed by atoms with Gasteiger partial charge in [0.2, 0.25) is 17.2 Å². The predicted octanol–water partition coefficient (Wildman–Crippen LogP) is 0.988. The monoisotopic (exact) mass is 234 g/mol. The number of amides is 2. The first kappa shape index (κ1) is 12.9. The smallest absolute Gasteiger partial charge is 0.223 e. The second-order valence-corrected chi connectivity index (χ2v) is 3.63. The first-order valence-electron chi connectivity index (χ1n) is 5.08. The maximum Gasteiger partial charge on any atom is 0.223 e. The molecule has 1 rings (SSSR count). The maximum atomic E-state index is 11.7. The van der Waals surface area contributed by atoms with Crippen LogP contribution in [0.2, 0.25) is 0 Å². The standard InChI is InChI=1S/C12H14N2O3/c1-8(15)13-10-5-4-6-12(17)11(7-10)14(3)9(2)16/h4-7H,1-3H3,(H,13,15). The molecule has 0 heterocycles. The molecule has 0 aliphatic rings. The van der Waals surface area contributed by atoms with Gasteiger partial charge in [-0.3, -0.25) is 14.4 Å². The molecule has 0 bridgehead atoms. The molecule has 0 aromatic heterocycles. The van der Waals surface area contributed by atoms with Crippen molar-refractivity contribution in [2.45, 2.75) is 13.8 Å². The Morgan fingerprint density at radius 3 is 2.41 bits per heavy atom. The number of anilines is 2. The Morgan fingerprint density at radius 2 is 1.88 bits per heavy atom. The average molecular weight is 234 g/mol. The Labute approximate surface area is 99.1 Å². The van der Waals surface area contributed by atoms with E-state index in [0.29, 0.717) is 5.69 Å². The number of nitrogens with zero attached hydrogens (tertiary/aromatic N) is 1. The Hall–Kier alpha value is -2.17. The third-order valence-corrected chi connectivity index (χ3v) is 2.22. The predicted molar refractivity (Wildman–Crippen MR) is 66.1 cm³/mol. The summed E-state index contributed by atoms with van der Waals surface area (Å²) in [5.74, 6) is -0.484. The van der Waals surface area contributed by atoms with Crippen LogP contribution >= 0.6 is 0 Å². The van der Waals surface area contributed by atoms with Crippen molar-refractivity contribution in [1.29, 1.82) is 0 Å². The van der Waals surface area contributed by atoms with Crippen molar-refractivity contribution in [3.05, 3.63) is 34.5 Å². The number of carbonyl (C=O) groups excluding carboxylic acids is 2. The molecule has 5 nitrogen and oxygen atoms in total. The van der Waals surface area contributed by atoms with Gasteiger partial charge in [-0.1, -0.05) is 6.07 Å². The molecular formula is C12H14N2O3. The summed E-state index contributed by atoms with van der Waals surface area (Å²) < 4.78 is 0.